The first-order chi connectivity index (χ1) is 12.1. The van der Waals surface area contributed by atoms with Crippen LogP contribution in [0.2, 0.25) is 0 Å². The van der Waals surface area contributed by atoms with Crippen molar-refractivity contribution >= 4 is 28.8 Å². The molecule has 0 saturated carbocycles. The summed E-state index contributed by atoms with van der Waals surface area (Å²) < 4.78 is 0. The molecular weight excluding hydrogens is 338 g/mol. The number of carbonyl (C=O) groups excluding carboxylic acids is 2. The van der Waals surface area contributed by atoms with Gasteiger partial charge in [-0.1, -0.05) is 6.07 Å². The molecule has 3 aromatic rings. The molecule has 1 aromatic carbocycles. The van der Waals surface area contributed by atoms with E-state index in [9.17, 15) is 9.59 Å². The Morgan fingerprint density at radius 1 is 1.28 bits per heavy atom. The number of amides is 2. The summed E-state index contributed by atoms with van der Waals surface area (Å²) in [7, 11) is 0. The molecule has 0 saturated heterocycles. The van der Waals surface area contributed by atoms with Crippen LogP contribution in [-0.4, -0.2) is 26.8 Å². The van der Waals surface area contributed by atoms with Gasteiger partial charge in [0.05, 0.1) is 5.69 Å². The van der Waals surface area contributed by atoms with Crippen LogP contribution in [0, 0.1) is 6.92 Å². The predicted molar refractivity (Wildman–Crippen MR) is 93.4 cm³/mol. The highest BCUT2D eigenvalue weighted by Gasteiger charge is 2.21. The van der Waals surface area contributed by atoms with Crippen LogP contribution >= 0.6 is 11.3 Å². The van der Waals surface area contributed by atoms with E-state index in [4.69, 9.17) is 0 Å². The molecule has 7 nitrogen and oxygen atoms in total. The molecule has 4 rings (SSSR count). The lowest BCUT2D eigenvalue weighted by molar-refractivity contribution is 0.0964. The molecule has 1 aliphatic heterocycles. The van der Waals surface area contributed by atoms with Crippen molar-refractivity contribution in [2.75, 3.05) is 5.32 Å². The molecule has 2 N–H and O–H groups in total. The van der Waals surface area contributed by atoms with Gasteiger partial charge in [0.25, 0.3) is 11.8 Å². The van der Waals surface area contributed by atoms with Gasteiger partial charge in [-0.25, -0.2) is 15.0 Å². The fourth-order valence-corrected chi connectivity index (χ4v) is 3.50. The third-order valence-corrected chi connectivity index (χ3v) is 4.96. The maximum atomic E-state index is 12.6. The summed E-state index contributed by atoms with van der Waals surface area (Å²) in [5, 5.41) is 6.17. The summed E-state index contributed by atoms with van der Waals surface area (Å²) in [6.07, 6.45) is 3.27. The normalized spacial score (nSPS) is 12.6. The molecule has 1 aliphatic rings. The number of nitrogens with one attached hydrogen (secondary N) is 2. The summed E-state index contributed by atoms with van der Waals surface area (Å²) in [6.45, 7) is 2.30. The summed E-state index contributed by atoms with van der Waals surface area (Å²) >= 11 is 1.24. The Bertz CT molecular complexity index is 984. The molecule has 2 amide bonds. The summed E-state index contributed by atoms with van der Waals surface area (Å²) in [4.78, 5) is 37.5. The number of carbonyl (C=O) groups is 2. The van der Waals surface area contributed by atoms with Gasteiger partial charge in [-0.3, -0.25) is 9.59 Å². The van der Waals surface area contributed by atoms with Crippen molar-refractivity contribution in [1.29, 1.82) is 0 Å². The first kappa shape index (κ1) is 15.4. The van der Waals surface area contributed by atoms with Gasteiger partial charge in [0.1, 0.15) is 4.88 Å². The van der Waals surface area contributed by atoms with Crippen molar-refractivity contribution in [3.05, 3.63) is 58.4 Å². The van der Waals surface area contributed by atoms with E-state index < -0.39 is 0 Å². The lowest BCUT2D eigenvalue weighted by Gasteiger charge is -2.05. The minimum atomic E-state index is -0.268. The molecule has 0 radical (unpaired) electrons. The van der Waals surface area contributed by atoms with E-state index in [0.717, 1.165) is 5.56 Å². The van der Waals surface area contributed by atoms with Crippen molar-refractivity contribution in [2.45, 2.75) is 13.5 Å². The molecule has 3 heterocycles. The van der Waals surface area contributed by atoms with Crippen molar-refractivity contribution in [3.8, 4) is 10.8 Å². The monoisotopic (exact) mass is 351 g/mol. The third kappa shape index (κ3) is 2.87. The molecule has 25 heavy (non-hydrogen) atoms. The number of rotatable bonds is 3. The molecule has 0 fully saturated rings. The van der Waals surface area contributed by atoms with Crippen molar-refractivity contribution in [2.24, 2.45) is 0 Å². The van der Waals surface area contributed by atoms with Crippen molar-refractivity contribution < 1.29 is 9.59 Å². The zero-order chi connectivity index (χ0) is 17.4. The average molecular weight is 351 g/mol. The predicted octanol–water partition coefficient (Wildman–Crippen LogP) is 2.40. The molecule has 0 spiro atoms. The summed E-state index contributed by atoms with van der Waals surface area (Å²) in [5.74, 6) is 0.1000. The van der Waals surface area contributed by atoms with Crippen molar-refractivity contribution in [1.82, 2.24) is 20.3 Å². The van der Waals surface area contributed by atoms with Crippen LogP contribution < -0.4 is 10.6 Å². The highest BCUT2D eigenvalue weighted by molar-refractivity contribution is 7.17. The van der Waals surface area contributed by atoms with Crippen LogP contribution in [-0.2, 0) is 6.54 Å². The molecule has 0 bridgehead atoms. The second kappa shape index (κ2) is 6.06. The maximum Gasteiger partial charge on any atom is 0.267 e. The lowest BCUT2D eigenvalue weighted by atomic mass is 10.1. The summed E-state index contributed by atoms with van der Waals surface area (Å²) in [6, 6.07) is 7.04. The molecule has 124 valence electrons. The smallest absolute Gasteiger partial charge is 0.267 e. The highest BCUT2D eigenvalue weighted by Crippen LogP contribution is 2.26. The number of aryl methyl sites for hydroxylation is 1. The Hall–Kier alpha value is -3.13. The van der Waals surface area contributed by atoms with Crippen LogP contribution in [0.15, 0.2) is 36.7 Å². The van der Waals surface area contributed by atoms with Crippen LogP contribution in [0.25, 0.3) is 10.8 Å². The van der Waals surface area contributed by atoms with Gasteiger partial charge in [0.2, 0.25) is 0 Å². The standard InChI is InChI=1S/C17H13N5O2S/c1-9-13(25-17(21-9)14-18-5-2-6-19-14)16(24)22-11-4-3-10-8-20-15(23)12(10)7-11/h2-7H,8H2,1H3,(H,20,23)(H,22,24). The SMILES string of the molecule is Cc1nc(-c2ncccn2)sc1C(=O)Nc1ccc2c(c1)C(=O)NC2. The fourth-order valence-electron chi connectivity index (χ4n) is 2.59. The van der Waals surface area contributed by atoms with E-state index in [1.807, 2.05) is 6.07 Å². The Morgan fingerprint density at radius 2 is 2.08 bits per heavy atom. The molecule has 0 atom stereocenters. The first-order valence-corrected chi connectivity index (χ1v) is 8.41. The van der Waals surface area contributed by atoms with Gasteiger partial charge in [0, 0.05) is 30.2 Å². The number of thiazole rings is 1. The average Bonchev–Trinajstić information content (AvgIpc) is 3.19. The number of anilines is 1. The van der Waals surface area contributed by atoms with E-state index in [1.54, 1.807) is 37.5 Å². The molecule has 8 heteroatoms. The van der Waals surface area contributed by atoms with Crippen LogP contribution in [0.3, 0.4) is 0 Å². The van der Waals surface area contributed by atoms with Gasteiger partial charge < -0.3 is 10.6 Å². The Balaban J connectivity index is 1.59. The second-order valence-electron chi connectivity index (χ2n) is 5.51. The molecule has 2 aromatic heterocycles. The topological polar surface area (TPSA) is 96.9 Å². The lowest BCUT2D eigenvalue weighted by Crippen LogP contribution is -2.13. The van der Waals surface area contributed by atoms with Gasteiger partial charge >= 0.3 is 0 Å². The highest BCUT2D eigenvalue weighted by atomic mass is 32.1. The number of benzene rings is 1. The molecule has 0 unspecified atom stereocenters. The van der Waals surface area contributed by atoms with E-state index in [0.29, 0.717) is 39.2 Å². The second-order valence-corrected chi connectivity index (χ2v) is 6.51. The number of nitrogens with zero attached hydrogens (tertiary/aromatic N) is 3. The largest absolute Gasteiger partial charge is 0.348 e. The Kier molecular flexibility index (Phi) is 3.73. The van der Waals surface area contributed by atoms with E-state index >= 15 is 0 Å². The van der Waals surface area contributed by atoms with Crippen LogP contribution in [0.5, 0.6) is 0 Å². The third-order valence-electron chi connectivity index (χ3n) is 3.81. The number of fused-ring (bicyclic) bond motifs is 1. The summed E-state index contributed by atoms with van der Waals surface area (Å²) in [5.41, 5.74) is 2.72. The molecule has 0 aliphatic carbocycles. The Morgan fingerprint density at radius 3 is 2.88 bits per heavy atom. The number of hydrogen-bond acceptors (Lipinski definition) is 6. The van der Waals surface area contributed by atoms with E-state index in [-0.39, 0.29) is 11.8 Å². The van der Waals surface area contributed by atoms with Gasteiger partial charge in [-0.2, -0.15) is 0 Å². The molecular formula is C17H13N5O2S. The maximum absolute atomic E-state index is 12.6. The minimum absolute atomic E-state index is 0.122. The zero-order valence-corrected chi connectivity index (χ0v) is 14.1. The minimum Gasteiger partial charge on any atom is -0.348 e. The quantitative estimate of drug-likeness (QED) is 0.755. The van der Waals surface area contributed by atoms with Gasteiger partial charge in [0.15, 0.2) is 10.8 Å². The number of hydrogen-bond donors (Lipinski definition) is 2. The van der Waals surface area contributed by atoms with Gasteiger partial charge in [-0.15, -0.1) is 11.3 Å². The first-order valence-electron chi connectivity index (χ1n) is 7.59. The van der Waals surface area contributed by atoms with E-state index in [2.05, 4.69) is 25.6 Å². The number of aromatic nitrogens is 3. The van der Waals surface area contributed by atoms with Crippen LogP contribution in [0.1, 0.15) is 31.3 Å². The fraction of sp³-hybridized carbons (Fsp3) is 0.118. The van der Waals surface area contributed by atoms with E-state index in [1.165, 1.54) is 11.3 Å². The van der Waals surface area contributed by atoms with Crippen molar-refractivity contribution in [3.63, 3.8) is 0 Å². The van der Waals surface area contributed by atoms with Gasteiger partial charge in [-0.05, 0) is 30.7 Å². The van der Waals surface area contributed by atoms with Crippen LogP contribution in [0.4, 0.5) is 5.69 Å². The zero-order valence-electron chi connectivity index (χ0n) is 13.2. The Labute approximate surface area is 147 Å².